The van der Waals surface area contributed by atoms with E-state index in [1.54, 1.807) is 6.92 Å². The van der Waals surface area contributed by atoms with Gasteiger partial charge in [0.25, 0.3) is 0 Å². The summed E-state index contributed by atoms with van der Waals surface area (Å²) in [5.41, 5.74) is 5.84. The molecule has 0 fully saturated rings. The van der Waals surface area contributed by atoms with Gasteiger partial charge in [-0.1, -0.05) is 26.7 Å². The van der Waals surface area contributed by atoms with Crippen molar-refractivity contribution in [2.24, 2.45) is 11.1 Å². The molecule has 0 aromatic heterocycles. The standard InChI is InChI=1S/C11H23NO/c1-4-6-7-11(5-2,9-12)8-10(3)13/h4-9,12H2,1-3H3. The van der Waals surface area contributed by atoms with Gasteiger partial charge in [0.05, 0.1) is 0 Å². The fourth-order valence-corrected chi connectivity index (χ4v) is 1.79. The maximum atomic E-state index is 11.1. The summed E-state index contributed by atoms with van der Waals surface area (Å²) in [6.45, 7) is 6.60. The number of Topliss-reactive ketones (excluding diaryl/α,β-unsaturated/α-hetero) is 1. The van der Waals surface area contributed by atoms with Gasteiger partial charge in [-0.3, -0.25) is 0 Å². The van der Waals surface area contributed by atoms with E-state index in [1.807, 2.05) is 0 Å². The summed E-state index contributed by atoms with van der Waals surface area (Å²) in [6.07, 6.45) is 5.12. The van der Waals surface area contributed by atoms with Crippen LogP contribution in [-0.4, -0.2) is 12.3 Å². The molecule has 0 bridgehead atoms. The second-order valence-corrected chi connectivity index (χ2v) is 4.04. The van der Waals surface area contributed by atoms with Gasteiger partial charge in [0, 0.05) is 6.42 Å². The number of hydrogen-bond acceptors (Lipinski definition) is 2. The average molecular weight is 185 g/mol. The molecular weight excluding hydrogens is 162 g/mol. The van der Waals surface area contributed by atoms with Crippen LogP contribution in [0.1, 0.15) is 52.9 Å². The number of hydrogen-bond donors (Lipinski definition) is 1. The van der Waals surface area contributed by atoms with Gasteiger partial charge in [0.1, 0.15) is 5.78 Å². The molecular formula is C11H23NO. The van der Waals surface area contributed by atoms with Crippen LogP contribution in [0.15, 0.2) is 0 Å². The van der Waals surface area contributed by atoms with Crippen LogP contribution in [-0.2, 0) is 4.79 Å². The molecule has 0 aliphatic heterocycles. The van der Waals surface area contributed by atoms with E-state index in [0.29, 0.717) is 13.0 Å². The summed E-state index contributed by atoms with van der Waals surface area (Å²) in [6, 6.07) is 0. The zero-order valence-electron chi connectivity index (χ0n) is 9.23. The van der Waals surface area contributed by atoms with Crippen molar-refractivity contribution < 1.29 is 4.79 Å². The minimum atomic E-state index is 0.0852. The zero-order chi connectivity index (χ0) is 10.3. The summed E-state index contributed by atoms with van der Waals surface area (Å²) >= 11 is 0. The molecule has 0 amide bonds. The van der Waals surface area contributed by atoms with Crippen molar-refractivity contribution in [2.75, 3.05) is 6.54 Å². The number of unbranched alkanes of at least 4 members (excludes halogenated alkanes) is 1. The molecule has 0 aromatic carbocycles. The molecule has 1 unspecified atom stereocenters. The predicted molar refractivity (Wildman–Crippen MR) is 56.6 cm³/mol. The maximum absolute atomic E-state index is 11.1. The molecule has 1 atom stereocenters. The molecule has 0 rings (SSSR count). The molecule has 0 saturated carbocycles. The molecule has 0 radical (unpaired) electrons. The smallest absolute Gasteiger partial charge is 0.130 e. The minimum absolute atomic E-state index is 0.0852. The fourth-order valence-electron chi connectivity index (χ4n) is 1.79. The van der Waals surface area contributed by atoms with Gasteiger partial charge in [0.2, 0.25) is 0 Å². The van der Waals surface area contributed by atoms with Crippen molar-refractivity contribution in [1.29, 1.82) is 0 Å². The summed E-state index contributed by atoms with van der Waals surface area (Å²) in [5.74, 6) is 0.267. The highest BCUT2D eigenvalue weighted by atomic mass is 16.1. The van der Waals surface area contributed by atoms with Crippen molar-refractivity contribution in [3.05, 3.63) is 0 Å². The molecule has 0 heterocycles. The molecule has 2 heteroatoms. The number of carbonyl (C=O) groups excluding carboxylic acids is 1. The van der Waals surface area contributed by atoms with E-state index in [2.05, 4.69) is 13.8 Å². The largest absolute Gasteiger partial charge is 0.330 e. The van der Waals surface area contributed by atoms with Gasteiger partial charge in [-0.05, 0) is 31.7 Å². The van der Waals surface area contributed by atoms with Crippen LogP contribution in [0.3, 0.4) is 0 Å². The lowest BCUT2D eigenvalue weighted by atomic mass is 9.76. The first-order valence-corrected chi connectivity index (χ1v) is 5.29. The molecule has 0 spiro atoms. The van der Waals surface area contributed by atoms with Crippen LogP contribution < -0.4 is 5.73 Å². The van der Waals surface area contributed by atoms with Crippen molar-refractivity contribution in [3.8, 4) is 0 Å². The van der Waals surface area contributed by atoms with Crippen LogP contribution in [0.5, 0.6) is 0 Å². The SMILES string of the molecule is CCCCC(CC)(CN)CC(C)=O. The van der Waals surface area contributed by atoms with Gasteiger partial charge in [-0.2, -0.15) is 0 Å². The van der Waals surface area contributed by atoms with Gasteiger partial charge < -0.3 is 10.5 Å². The van der Waals surface area contributed by atoms with E-state index in [1.165, 1.54) is 12.8 Å². The molecule has 0 aliphatic rings. The highest BCUT2D eigenvalue weighted by Crippen LogP contribution is 2.31. The Hall–Kier alpha value is -0.370. The highest BCUT2D eigenvalue weighted by molar-refractivity contribution is 5.76. The monoisotopic (exact) mass is 185 g/mol. The molecule has 0 aliphatic carbocycles. The number of nitrogens with two attached hydrogens (primary N) is 1. The second-order valence-electron chi connectivity index (χ2n) is 4.04. The minimum Gasteiger partial charge on any atom is -0.330 e. The maximum Gasteiger partial charge on any atom is 0.130 e. The van der Waals surface area contributed by atoms with E-state index in [4.69, 9.17) is 5.73 Å². The second kappa shape index (κ2) is 6.14. The Kier molecular flexibility index (Phi) is 5.97. The quantitative estimate of drug-likeness (QED) is 0.662. The van der Waals surface area contributed by atoms with E-state index in [9.17, 15) is 4.79 Å². The first-order chi connectivity index (χ1) is 6.10. The van der Waals surface area contributed by atoms with Gasteiger partial charge >= 0.3 is 0 Å². The third kappa shape index (κ3) is 4.41. The normalized spacial score (nSPS) is 15.4. The summed E-state index contributed by atoms with van der Waals surface area (Å²) in [7, 11) is 0. The van der Waals surface area contributed by atoms with Crippen LogP contribution in [0, 0.1) is 5.41 Å². The number of carbonyl (C=O) groups is 1. The highest BCUT2D eigenvalue weighted by Gasteiger charge is 2.27. The Morgan fingerprint density at radius 2 is 2.00 bits per heavy atom. The van der Waals surface area contributed by atoms with Gasteiger partial charge in [0.15, 0.2) is 0 Å². The zero-order valence-corrected chi connectivity index (χ0v) is 9.23. The van der Waals surface area contributed by atoms with E-state index >= 15 is 0 Å². The molecule has 78 valence electrons. The Balaban J connectivity index is 4.21. The third-order valence-electron chi connectivity index (χ3n) is 2.87. The first kappa shape index (κ1) is 12.6. The average Bonchev–Trinajstić information content (AvgIpc) is 2.12. The molecule has 13 heavy (non-hydrogen) atoms. The van der Waals surface area contributed by atoms with Gasteiger partial charge in [-0.25, -0.2) is 0 Å². The van der Waals surface area contributed by atoms with Crippen molar-refractivity contribution in [3.63, 3.8) is 0 Å². The fraction of sp³-hybridized carbons (Fsp3) is 0.909. The topological polar surface area (TPSA) is 43.1 Å². The molecule has 2 N–H and O–H groups in total. The Labute approximate surface area is 81.9 Å². The van der Waals surface area contributed by atoms with Crippen molar-refractivity contribution >= 4 is 5.78 Å². The Bertz CT molecular complexity index is 150. The lowest BCUT2D eigenvalue weighted by Crippen LogP contribution is -2.32. The number of rotatable bonds is 7. The third-order valence-corrected chi connectivity index (χ3v) is 2.87. The lowest BCUT2D eigenvalue weighted by Gasteiger charge is -2.30. The van der Waals surface area contributed by atoms with Crippen LogP contribution in [0.4, 0.5) is 0 Å². The van der Waals surface area contributed by atoms with Crippen molar-refractivity contribution in [1.82, 2.24) is 0 Å². The molecule has 2 nitrogen and oxygen atoms in total. The lowest BCUT2D eigenvalue weighted by molar-refractivity contribution is -0.119. The predicted octanol–water partition coefficient (Wildman–Crippen LogP) is 2.51. The number of ketones is 1. The van der Waals surface area contributed by atoms with Crippen LogP contribution in [0.2, 0.25) is 0 Å². The first-order valence-electron chi connectivity index (χ1n) is 5.29. The van der Waals surface area contributed by atoms with E-state index < -0.39 is 0 Å². The van der Waals surface area contributed by atoms with Crippen molar-refractivity contribution in [2.45, 2.75) is 52.9 Å². The van der Waals surface area contributed by atoms with E-state index in [0.717, 1.165) is 12.8 Å². The van der Waals surface area contributed by atoms with Crippen LogP contribution in [0.25, 0.3) is 0 Å². The summed E-state index contributed by atoms with van der Waals surface area (Å²) in [5, 5.41) is 0. The Morgan fingerprint density at radius 1 is 1.38 bits per heavy atom. The molecule has 0 saturated heterocycles. The molecule has 0 aromatic rings. The summed E-state index contributed by atoms with van der Waals surface area (Å²) in [4.78, 5) is 11.1. The Morgan fingerprint density at radius 3 is 2.31 bits per heavy atom. The van der Waals surface area contributed by atoms with Crippen LogP contribution >= 0.6 is 0 Å². The summed E-state index contributed by atoms with van der Waals surface area (Å²) < 4.78 is 0. The van der Waals surface area contributed by atoms with Gasteiger partial charge in [-0.15, -0.1) is 0 Å². The van der Waals surface area contributed by atoms with E-state index in [-0.39, 0.29) is 11.2 Å².